The SMILES string of the molecule is CCC(COC)NCc1cc(-c2cccs2)cs1. The molecule has 1 N–H and O–H groups in total. The zero-order valence-electron chi connectivity index (χ0n) is 10.8. The van der Waals surface area contributed by atoms with Gasteiger partial charge in [0, 0.05) is 35.0 Å². The van der Waals surface area contributed by atoms with Crippen LogP contribution in [0.2, 0.25) is 0 Å². The van der Waals surface area contributed by atoms with E-state index in [2.05, 4.69) is 41.2 Å². The fraction of sp³-hybridized carbons (Fsp3) is 0.429. The van der Waals surface area contributed by atoms with E-state index in [4.69, 9.17) is 4.74 Å². The van der Waals surface area contributed by atoms with Crippen LogP contribution >= 0.6 is 22.7 Å². The second-order valence-electron chi connectivity index (χ2n) is 4.22. The minimum atomic E-state index is 0.447. The summed E-state index contributed by atoms with van der Waals surface area (Å²) in [6.45, 7) is 3.89. The van der Waals surface area contributed by atoms with Gasteiger partial charge >= 0.3 is 0 Å². The molecule has 0 aliphatic rings. The summed E-state index contributed by atoms with van der Waals surface area (Å²) in [5.74, 6) is 0. The smallest absolute Gasteiger partial charge is 0.0615 e. The Bertz CT molecular complexity index is 450. The van der Waals surface area contributed by atoms with Crippen molar-refractivity contribution in [1.82, 2.24) is 5.32 Å². The van der Waals surface area contributed by atoms with E-state index in [-0.39, 0.29) is 0 Å². The lowest BCUT2D eigenvalue weighted by Gasteiger charge is -2.14. The number of nitrogens with one attached hydrogen (secondary N) is 1. The molecule has 0 saturated heterocycles. The zero-order chi connectivity index (χ0) is 12.8. The highest BCUT2D eigenvalue weighted by molar-refractivity contribution is 7.14. The van der Waals surface area contributed by atoms with Gasteiger partial charge in [-0.3, -0.25) is 0 Å². The Morgan fingerprint density at radius 1 is 1.39 bits per heavy atom. The van der Waals surface area contributed by atoms with Gasteiger partial charge in [0.1, 0.15) is 0 Å². The monoisotopic (exact) mass is 281 g/mol. The second-order valence-corrected chi connectivity index (χ2v) is 6.16. The van der Waals surface area contributed by atoms with Crippen LogP contribution in [0.3, 0.4) is 0 Å². The summed E-state index contributed by atoms with van der Waals surface area (Å²) in [6.07, 6.45) is 1.09. The Kier molecular flexibility index (Phi) is 5.38. The summed E-state index contributed by atoms with van der Waals surface area (Å²) in [5.41, 5.74) is 1.34. The number of hydrogen-bond donors (Lipinski definition) is 1. The largest absolute Gasteiger partial charge is 0.383 e. The Hall–Kier alpha value is -0.680. The van der Waals surface area contributed by atoms with Gasteiger partial charge in [-0.2, -0.15) is 0 Å². The molecule has 2 heterocycles. The van der Waals surface area contributed by atoms with Gasteiger partial charge in [-0.05, 0) is 29.3 Å². The molecule has 0 aromatic carbocycles. The summed E-state index contributed by atoms with van der Waals surface area (Å²) in [7, 11) is 1.75. The zero-order valence-corrected chi connectivity index (χ0v) is 12.4. The van der Waals surface area contributed by atoms with Crippen molar-refractivity contribution in [2.45, 2.75) is 25.9 Å². The number of methoxy groups -OCH3 is 1. The predicted octanol–water partition coefficient (Wildman–Crippen LogP) is 3.99. The Labute approximate surface area is 117 Å². The first kappa shape index (κ1) is 13.7. The maximum Gasteiger partial charge on any atom is 0.0615 e. The number of thiophene rings is 2. The van der Waals surface area contributed by atoms with Crippen molar-refractivity contribution < 1.29 is 4.74 Å². The normalized spacial score (nSPS) is 12.8. The van der Waals surface area contributed by atoms with Gasteiger partial charge in [0.25, 0.3) is 0 Å². The molecule has 0 radical (unpaired) electrons. The van der Waals surface area contributed by atoms with Crippen molar-refractivity contribution in [3.63, 3.8) is 0 Å². The van der Waals surface area contributed by atoms with Gasteiger partial charge in [0.15, 0.2) is 0 Å². The van der Waals surface area contributed by atoms with E-state index in [0.717, 1.165) is 19.6 Å². The second kappa shape index (κ2) is 7.04. The highest BCUT2D eigenvalue weighted by atomic mass is 32.1. The van der Waals surface area contributed by atoms with Gasteiger partial charge in [0.05, 0.1) is 6.61 Å². The first-order valence-corrected chi connectivity index (χ1v) is 7.93. The molecule has 2 rings (SSSR count). The maximum absolute atomic E-state index is 5.19. The highest BCUT2D eigenvalue weighted by Crippen LogP contribution is 2.29. The average molecular weight is 281 g/mol. The number of rotatable bonds is 7. The quantitative estimate of drug-likeness (QED) is 0.828. The van der Waals surface area contributed by atoms with Crippen molar-refractivity contribution in [3.05, 3.63) is 33.8 Å². The third kappa shape index (κ3) is 3.65. The molecule has 0 spiro atoms. The number of hydrogen-bond acceptors (Lipinski definition) is 4. The third-order valence-electron chi connectivity index (χ3n) is 2.89. The van der Waals surface area contributed by atoms with E-state index in [1.165, 1.54) is 15.3 Å². The van der Waals surface area contributed by atoms with Crippen LogP contribution in [0.5, 0.6) is 0 Å². The lowest BCUT2D eigenvalue weighted by Crippen LogP contribution is -2.31. The molecule has 1 unspecified atom stereocenters. The Balaban J connectivity index is 1.91. The van der Waals surface area contributed by atoms with Crippen LogP contribution < -0.4 is 5.32 Å². The molecule has 0 bridgehead atoms. The minimum Gasteiger partial charge on any atom is -0.383 e. The van der Waals surface area contributed by atoms with Gasteiger partial charge in [0.2, 0.25) is 0 Å². The van der Waals surface area contributed by atoms with Crippen LogP contribution in [0.25, 0.3) is 10.4 Å². The molecule has 2 aromatic heterocycles. The van der Waals surface area contributed by atoms with E-state index in [0.29, 0.717) is 6.04 Å². The van der Waals surface area contributed by atoms with E-state index in [1.54, 1.807) is 18.4 Å². The predicted molar refractivity (Wildman–Crippen MR) is 80.4 cm³/mol. The molecule has 98 valence electrons. The summed E-state index contributed by atoms with van der Waals surface area (Å²) in [6, 6.07) is 7.00. The Morgan fingerprint density at radius 3 is 2.94 bits per heavy atom. The summed E-state index contributed by atoms with van der Waals surface area (Å²) >= 11 is 3.61. The lowest BCUT2D eigenvalue weighted by atomic mass is 10.2. The van der Waals surface area contributed by atoms with Crippen LogP contribution in [0.1, 0.15) is 18.2 Å². The number of ether oxygens (including phenoxy) is 1. The van der Waals surface area contributed by atoms with Crippen LogP contribution in [0.4, 0.5) is 0 Å². The molecule has 0 aliphatic heterocycles. The van der Waals surface area contributed by atoms with Gasteiger partial charge < -0.3 is 10.1 Å². The average Bonchev–Trinajstić information content (AvgIpc) is 3.04. The molecule has 2 nitrogen and oxygen atoms in total. The molecule has 1 atom stereocenters. The lowest BCUT2D eigenvalue weighted by molar-refractivity contribution is 0.164. The van der Waals surface area contributed by atoms with Crippen LogP contribution in [-0.2, 0) is 11.3 Å². The van der Waals surface area contributed by atoms with Crippen molar-refractivity contribution in [2.75, 3.05) is 13.7 Å². The van der Waals surface area contributed by atoms with Crippen LogP contribution in [0, 0.1) is 0 Å². The molecule has 18 heavy (non-hydrogen) atoms. The van der Waals surface area contributed by atoms with E-state index in [1.807, 2.05) is 11.3 Å². The topological polar surface area (TPSA) is 21.3 Å². The molecule has 2 aromatic rings. The highest BCUT2D eigenvalue weighted by Gasteiger charge is 2.07. The summed E-state index contributed by atoms with van der Waals surface area (Å²) in [4.78, 5) is 2.73. The Morgan fingerprint density at radius 2 is 2.28 bits per heavy atom. The first-order chi connectivity index (χ1) is 8.83. The summed E-state index contributed by atoms with van der Waals surface area (Å²) < 4.78 is 5.19. The van der Waals surface area contributed by atoms with Crippen molar-refractivity contribution in [2.24, 2.45) is 0 Å². The maximum atomic E-state index is 5.19. The molecule has 0 saturated carbocycles. The van der Waals surface area contributed by atoms with Crippen molar-refractivity contribution >= 4 is 22.7 Å². The van der Waals surface area contributed by atoms with Crippen LogP contribution in [0.15, 0.2) is 29.0 Å². The van der Waals surface area contributed by atoms with E-state index >= 15 is 0 Å². The molecular formula is C14H19NOS2. The van der Waals surface area contributed by atoms with Crippen LogP contribution in [-0.4, -0.2) is 19.8 Å². The van der Waals surface area contributed by atoms with Crippen molar-refractivity contribution in [3.8, 4) is 10.4 Å². The molecule has 0 amide bonds. The third-order valence-corrected chi connectivity index (χ3v) is 4.74. The van der Waals surface area contributed by atoms with Gasteiger partial charge in [-0.15, -0.1) is 22.7 Å². The molecule has 0 fully saturated rings. The minimum absolute atomic E-state index is 0.447. The standard InChI is InChI=1S/C14H19NOS2/c1-3-12(9-16-2)15-8-13-7-11(10-18-13)14-5-4-6-17-14/h4-7,10,12,15H,3,8-9H2,1-2H3. The molecular weight excluding hydrogens is 262 g/mol. The van der Waals surface area contributed by atoms with E-state index in [9.17, 15) is 0 Å². The van der Waals surface area contributed by atoms with Gasteiger partial charge in [-0.25, -0.2) is 0 Å². The molecule has 0 aliphatic carbocycles. The molecule has 4 heteroatoms. The fourth-order valence-corrected chi connectivity index (χ4v) is 3.44. The summed E-state index contributed by atoms with van der Waals surface area (Å²) in [5, 5.41) is 7.89. The van der Waals surface area contributed by atoms with Crippen molar-refractivity contribution in [1.29, 1.82) is 0 Å². The first-order valence-electron chi connectivity index (χ1n) is 6.17. The van der Waals surface area contributed by atoms with Gasteiger partial charge in [-0.1, -0.05) is 13.0 Å². The fourth-order valence-electron chi connectivity index (χ4n) is 1.81. The van der Waals surface area contributed by atoms with E-state index < -0.39 is 0 Å².